The van der Waals surface area contributed by atoms with Crippen LogP contribution in [-0.4, -0.2) is 21.8 Å². The Morgan fingerprint density at radius 3 is 2.47 bits per heavy atom. The number of benzene rings is 2. The average molecular weight is 399 g/mol. The van der Waals surface area contributed by atoms with Crippen molar-refractivity contribution in [2.75, 3.05) is 0 Å². The summed E-state index contributed by atoms with van der Waals surface area (Å²) in [6.07, 6.45) is 5.93. The van der Waals surface area contributed by atoms with Crippen LogP contribution >= 0.6 is 0 Å². The third-order valence-electron chi connectivity index (χ3n) is 7.84. The van der Waals surface area contributed by atoms with Crippen LogP contribution in [0.25, 0.3) is 17.0 Å². The van der Waals surface area contributed by atoms with E-state index in [4.69, 9.17) is 4.84 Å². The highest BCUT2D eigenvalue weighted by Gasteiger charge is 2.50. The van der Waals surface area contributed by atoms with E-state index >= 15 is 0 Å². The topological polar surface area (TPSA) is 17.4 Å². The molecule has 1 fully saturated rings. The lowest BCUT2D eigenvalue weighted by molar-refractivity contribution is -0.191. The monoisotopic (exact) mass is 398 g/mol. The van der Waals surface area contributed by atoms with E-state index in [2.05, 4.69) is 98.0 Å². The molecule has 3 heteroatoms. The van der Waals surface area contributed by atoms with Gasteiger partial charge in [0.25, 0.3) is 0 Å². The molecule has 3 aromatic rings. The molecule has 0 amide bonds. The van der Waals surface area contributed by atoms with E-state index in [9.17, 15) is 0 Å². The zero-order chi connectivity index (χ0) is 20.6. The first-order chi connectivity index (χ1) is 14.6. The zero-order valence-corrected chi connectivity index (χ0v) is 18.2. The predicted octanol–water partition coefficient (Wildman–Crippen LogP) is 6.59. The zero-order valence-electron chi connectivity index (χ0n) is 18.2. The van der Waals surface area contributed by atoms with Crippen molar-refractivity contribution in [3.8, 4) is 0 Å². The highest BCUT2D eigenvalue weighted by atomic mass is 16.7. The molecule has 3 heterocycles. The summed E-state index contributed by atoms with van der Waals surface area (Å²) in [6, 6.07) is 18.8. The predicted molar refractivity (Wildman–Crippen MR) is 122 cm³/mol. The molecule has 30 heavy (non-hydrogen) atoms. The van der Waals surface area contributed by atoms with E-state index in [0.29, 0.717) is 17.9 Å². The molecule has 1 saturated heterocycles. The van der Waals surface area contributed by atoms with Gasteiger partial charge in [0.2, 0.25) is 0 Å². The summed E-state index contributed by atoms with van der Waals surface area (Å²) in [5.41, 5.74) is 7.12. The maximum atomic E-state index is 6.60. The number of hydrogen-bond donors (Lipinski definition) is 0. The number of allylic oxidation sites excluding steroid dienone is 1. The summed E-state index contributed by atoms with van der Waals surface area (Å²) in [5, 5.41) is 3.71. The van der Waals surface area contributed by atoms with Gasteiger partial charge < -0.3 is 4.57 Å². The average Bonchev–Trinajstić information content (AvgIpc) is 3.27. The van der Waals surface area contributed by atoms with Crippen molar-refractivity contribution in [2.45, 2.75) is 70.2 Å². The molecule has 0 saturated carbocycles. The van der Waals surface area contributed by atoms with Gasteiger partial charge in [-0.3, -0.25) is 4.84 Å². The van der Waals surface area contributed by atoms with Crippen LogP contribution in [0.2, 0.25) is 0 Å². The van der Waals surface area contributed by atoms with Crippen LogP contribution in [0.5, 0.6) is 0 Å². The third-order valence-corrected chi connectivity index (χ3v) is 7.84. The minimum atomic E-state index is 0.112. The Morgan fingerprint density at radius 1 is 0.900 bits per heavy atom. The van der Waals surface area contributed by atoms with E-state index in [1.165, 1.54) is 33.3 Å². The molecule has 6 unspecified atom stereocenters. The largest absolute Gasteiger partial charge is 0.333 e. The summed E-state index contributed by atoms with van der Waals surface area (Å²) in [6.45, 7) is 9.26. The molecule has 0 N–H and O–H groups in total. The first kappa shape index (κ1) is 18.4. The van der Waals surface area contributed by atoms with Crippen molar-refractivity contribution in [1.29, 1.82) is 0 Å². The number of para-hydroxylation sites is 1. The highest BCUT2D eigenvalue weighted by Crippen LogP contribution is 2.53. The summed E-state index contributed by atoms with van der Waals surface area (Å²) < 4.78 is 2.60. The molecule has 0 spiro atoms. The third kappa shape index (κ3) is 2.34. The fourth-order valence-corrected chi connectivity index (χ4v) is 6.24. The van der Waals surface area contributed by atoms with Crippen molar-refractivity contribution in [3.63, 3.8) is 0 Å². The number of fused-ring (bicyclic) bond motifs is 6. The standard InChI is InChI=1S/C27H30N2O/c1-16-10-9-15-24-25(16)22-13-7-8-14-23(22)28(24)26-19(4)30-29-18(3)17(2)20-11-5-6-12-21(20)27(26)29/h5-9,11-19,26-27H,10H2,1-4H3. The second kappa shape index (κ2) is 6.57. The summed E-state index contributed by atoms with van der Waals surface area (Å²) in [7, 11) is 0. The minimum absolute atomic E-state index is 0.112. The second-order valence-electron chi connectivity index (χ2n) is 9.49. The van der Waals surface area contributed by atoms with Crippen LogP contribution in [0.15, 0.2) is 54.6 Å². The molecule has 1 aliphatic carbocycles. The van der Waals surface area contributed by atoms with Gasteiger partial charge >= 0.3 is 0 Å². The smallest absolute Gasteiger partial charge is 0.0992 e. The molecule has 2 aromatic carbocycles. The number of rotatable bonds is 1. The SMILES string of the molecule is CC1CC=Cc2c1c1ccccc1n2C1C(C)ON2C(C)C(C)c3ccccc3C12. The van der Waals surface area contributed by atoms with Gasteiger partial charge in [0.05, 0.1) is 18.2 Å². The molecular formula is C27H30N2O. The Bertz CT molecular complexity index is 1160. The summed E-state index contributed by atoms with van der Waals surface area (Å²) in [5.74, 6) is 1.00. The first-order valence-electron chi connectivity index (χ1n) is 11.4. The Morgan fingerprint density at radius 2 is 1.63 bits per heavy atom. The van der Waals surface area contributed by atoms with Crippen molar-refractivity contribution in [3.05, 3.63) is 77.0 Å². The Balaban J connectivity index is 1.62. The van der Waals surface area contributed by atoms with Gasteiger partial charge in [-0.25, -0.2) is 0 Å². The Labute approximate surface area is 178 Å². The van der Waals surface area contributed by atoms with Crippen LogP contribution in [0, 0.1) is 0 Å². The molecule has 2 aliphatic heterocycles. The lowest BCUT2D eigenvalue weighted by Crippen LogP contribution is -2.41. The minimum Gasteiger partial charge on any atom is -0.333 e. The summed E-state index contributed by atoms with van der Waals surface area (Å²) in [4.78, 5) is 6.60. The van der Waals surface area contributed by atoms with Crippen molar-refractivity contribution in [1.82, 2.24) is 9.63 Å². The van der Waals surface area contributed by atoms with E-state index in [0.717, 1.165) is 6.42 Å². The van der Waals surface area contributed by atoms with Gasteiger partial charge in [0.1, 0.15) is 0 Å². The fraction of sp³-hybridized carbons (Fsp3) is 0.407. The number of hydrogen-bond acceptors (Lipinski definition) is 2. The van der Waals surface area contributed by atoms with Gasteiger partial charge in [-0.2, -0.15) is 5.06 Å². The molecule has 0 bridgehead atoms. The molecule has 6 atom stereocenters. The lowest BCUT2D eigenvalue weighted by atomic mass is 9.80. The van der Waals surface area contributed by atoms with E-state index in [1.54, 1.807) is 0 Å². The maximum absolute atomic E-state index is 6.60. The van der Waals surface area contributed by atoms with Crippen LogP contribution in [0.3, 0.4) is 0 Å². The van der Waals surface area contributed by atoms with Gasteiger partial charge in [-0.1, -0.05) is 62.4 Å². The van der Waals surface area contributed by atoms with Gasteiger partial charge in [-0.05, 0) is 60.9 Å². The van der Waals surface area contributed by atoms with Crippen LogP contribution in [-0.2, 0) is 4.84 Å². The van der Waals surface area contributed by atoms with Crippen molar-refractivity contribution < 1.29 is 4.84 Å². The van der Waals surface area contributed by atoms with Crippen LogP contribution in [0.1, 0.15) is 80.4 Å². The molecule has 3 nitrogen and oxygen atoms in total. The van der Waals surface area contributed by atoms with Gasteiger partial charge in [0.15, 0.2) is 0 Å². The number of aromatic nitrogens is 1. The van der Waals surface area contributed by atoms with E-state index in [-0.39, 0.29) is 18.2 Å². The molecule has 154 valence electrons. The molecule has 0 radical (unpaired) electrons. The van der Waals surface area contributed by atoms with E-state index in [1.807, 2.05) is 0 Å². The van der Waals surface area contributed by atoms with Crippen molar-refractivity contribution >= 4 is 17.0 Å². The Kier molecular flexibility index (Phi) is 4.03. The van der Waals surface area contributed by atoms with Gasteiger partial charge in [0, 0.05) is 22.6 Å². The molecule has 1 aromatic heterocycles. The van der Waals surface area contributed by atoms with Crippen LogP contribution < -0.4 is 0 Å². The Hall–Kier alpha value is -2.36. The second-order valence-corrected chi connectivity index (χ2v) is 9.49. The molecule has 3 aliphatic rings. The van der Waals surface area contributed by atoms with Crippen LogP contribution in [0.4, 0.5) is 0 Å². The first-order valence-corrected chi connectivity index (χ1v) is 11.4. The maximum Gasteiger partial charge on any atom is 0.0992 e. The highest BCUT2D eigenvalue weighted by molar-refractivity contribution is 5.89. The quantitative estimate of drug-likeness (QED) is 0.460. The van der Waals surface area contributed by atoms with Crippen molar-refractivity contribution in [2.24, 2.45) is 0 Å². The fourth-order valence-electron chi connectivity index (χ4n) is 6.24. The van der Waals surface area contributed by atoms with Gasteiger partial charge in [-0.15, -0.1) is 0 Å². The normalized spacial score (nSPS) is 32.8. The molecular weight excluding hydrogens is 368 g/mol. The number of nitrogens with zero attached hydrogens (tertiary/aromatic N) is 2. The summed E-state index contributed by atoms with van der Waals surface area (Å²) >= 11 is 0. The number of hydroxylamine groups is 2. The molecule has 6 rings (SSSR count). The van der Waals surface area contributed by atoms with E-state index < -0.39 is 0 Å². The lowest BCUT2D eigenvalue weighted by Gasteiger charge is -2.41.